The Bertz CT molecular complexity index is 1640. The maximum absolute atomic E-state index is 14.8. The number of nitrogens with one attached hydrogen (secondary N) is 5. The van der Waals surface area contributed by atoms with Gasteiger partial charge in [-0.05, 0) is 157 Å². The van der Waals surface area contributed by atoms with Crippen LogP contribution in [0.25, 0.3) is 0 Å². The monoisotopic (exact) mass is 949 g/mol. The van der Waals surface area contributed by atoms with Crippen LogP contribution in [0, 0.1) is 68.0 Å². The predicted molar refractivity (Wildman–Crippen MR) is 275 cm³/mol. The van der Waals surface area contributed by atoms with Gasteiger partial charge in [0.15, 0.2) is 0 Å². The van der Waals surface area contributed by atoms with Crippen LogP contribution < -0.4 is 32.3 Å². The first kappa shape index (κ1) is 63.8. The van der Waals surface area contributed by atoms with E-state index in [1.54, 1.807) is 27.7 Å². The van der Waals surface area contributed by atoms with E-state index in [-0.39, 0.29) is 65.2 Å². The van der Waals surface area contributed by atoms with Gasteiger partial charge in [-0.2, -0.15) is 0 Å². The van der Waals surface area contributed by atoms with Crippen molar-refractivity contribution in [2.24, 2.45) is 73.7 Å². The lowest BCUT2D eigenvalue weighted by molar-refractivity contribution is -0.150. The van der Waals surface area contributed by atoms with E-state index in [9.17, 15) is 33.9 Å². The molecule has 5 amide bonds. The largest absolute Gasteiger partial charge is 0.481 e. The van der Waals surface area contributed by atoms with Gasteiger partial charge in [0.1, 0.15) is 0 Å². The highest BCUT2D eigenvalue weighted by Gasteiger charge is 2.49. The first-order valence-electron chi connectivity index (χ1n) is 25.5. The van der Waals surface area contributed by atoms with Crippen molar-refractivity contribution in [3.05, 3.63) is 0 Å². The average molecular weight is 949 g/mol. The molecule has 13 nitrogen and oxygen atoms in total. The lowest BCUT2D eigenvalue weighted by atomic mass is 9.73. The Kier molecular flexibility index (Phi) is 23.9. The quantitative estimate of drug-likeness (QED) is 0.0384. The van der Waals surface area contributed by atoms with E-state index in [1.165, 1.54) is 0 Å². The molecule has 0 bridgehead atoms. The molecule has 0 aliphatic heterocycles. The Balaban J connectivity index is 6.94. The fourth-order valence-electron chi connectivity index (χ4n) is 8.50. The summed E-state index contributed by atoms with van der Waals surface area (Å²) in [6, 6.07) is -3.41. The van der Waals surface area contributed by atoms with Gasteiger partial charge in [-0.15, -0.1) is 0 Å². The fraction of sp³-hybridized carbons (Fsp3) is 0.889. The molecule has 13 heteroatoms. The number of rotatable bonds is 29. The third-order valence-corrected chi connectivity index (χ3v) is 14.5. The number of carboxylic acid groups (broad SMARTS) is 1. The second-order valence-electron chi connectivity index (χ2n) is 26.1. The molecule has 0 saturated carbocycles. The van der Waals surface area contributed by atoms with Crippen molar-refractivity contribution in [3.63, 3.8) is 0 Å². The number of aliphatic carboxylic acids is 1. The van der Waals surface area contributed by atoms with Gasteiger partial charge in [0.25, 0.3) is 0 Å². The number of carboxylic acids is 1. The van der Waals surface area contributed by atoms with Gasteiger partial charge >= 0.3 is 5.97 Å². The molecule has 392 valence electrons. The third-order valence-electron chi connectivity index (χ3n) is 14.5. The fourth-order valence-corrected chi connectivity index (χ4v) is 8.50. The predicted octanol–water partition coefficient (Wildman–Crippen LogP) is 9.26. The zero-order valence-corrected chi connectivity index (χ0v) is 47.1. The summed E-state index contributed by atoms with van der Waals surface area (Å²) in [5.41, 5.74) is -0.0369. The van der Waals surface area contributed by atoms with Crippen LogP contribution >= 0.6 is 0 Å². The number of amides is 5. The van der Waals surface area contributed by atoms with Gasteiger partial charge in [-0.1, -0.05) is 83.1 Å². The molecule has 0 spiro atoms. The van der Waals surface area contributed by atoms with Crippen LogP contribution in [-0.4, -0.2) is 76.9 Å². The second-order valence-corrected chi connectivity index (χ2v) is 26.1. The molecule has 0 aromatic carbocycles. The van der Waals surface area contributed by atoms with Crippen LogP contribution in [0.5, 0.6) is 0 Å². The van der Waals surface area contributed by atoms with Crippen LogP contribution in [0.15, 0.2) is 0 Å². The summed E-state index contributed by atoms with van der Waals surface area (Å²) in [4.78, 5) is 84.7. The number of carbonyl (C=O) groups is 6. The average Bonchev–Trinajstić information content (AvgIpc) is 3.14. The minimum absolute atomic E-state index is 0.0922. The summed E-state index contributed by atoms with van der Waals surface area (Å²) in [5.74, 6) is -1.57. The van der Waals surface area contributed by atoms with Crippen LogP contribution in [0.3, 0.4) is 0 Å². The molecule has 0 saturated heterocycles. The summed E-state index contributed by atoms with van der Waals surface area (Å²) in [6.07, 6.45) is 3.14. The lowest BCUT2D eigenvalue weighted by Crippen LogP contribution is -2.63. The van der Waals surface area contributed by atoms with Gasteiger partial charge in [0, 0.05) is 36.3 Å². The Morgan fingerprint density at radius 3 is 0.657 bits per heavy atom. The summed E-state index contributed by atoms with van der Waals surface area (Å²) in [6.45, 7) is 45.9. The SMILES string of the molecule is CC(C)C[C@H](NC(=O)C(C)(C)[C@H](CC(C)C)NC(=O)C(C)(C)[C@H](CC(C)C)NC(=O)C(C)(C)[C@H](CC(C)C)NC(=O)C(C)(C)[C@H](CC(C)C)NC(=O)C(C)(C)[C@@H](N)CC(C)C)C(C)(C)C(=O)O. The summed E-state index contributed by atoms with van der Waals surface area (Å²) < 4.78 is 0. The zero-order chi connectivity index (χ0) is 53.2. The number of hydrogen-bond acceptors (Lipinski definition) is 7. The third kappa shape index (κ3) is 18.2. The number of carbonyl (C=O) groups excluding carboxylic acids is 5. The first-order valence-corrected chi connectivity index (χ1v) is 25.5. The Hall–Kier alpha value is -3.22. The van der Waals surface area contributed by atoms with E-state index in [1.807, 2.05) is 111 Å². The minimum atomic E-state index is -1.23. The summed E-state index contributed by atoms with van der Waals surface area (Å²) in [7, 11) is 0. The van der Waals surface area contributed by atoms with E-state index in [4.69, 9.17) is 5.73 Å². The molecule has 0 aromatic heterocycles. The number of nitrogens with two attached hydrogens (primary N) is 1. The van der Waals surface area contributed by atoms with Crippen molar-refractivity contribution in [1.29, 1.82) is 0 Å². The maximum atomic E-state index is 14.8. The lowest BCUT2D eigenvalue weighted by Gasteiger charge is -2.43. The van der Waals surface area contributed by atoms with E-state index in [0.29, 0.717) is 44.4 Å². The van der Waals surface area contributed by atoms with Gasteiger partial charge in [0.05, 0.1) is 32.5 Å². The molecule has 0 aliphatic rings. The maximum Gasteiger partial charge on any atom is 0.311 e. The molecule has 8 N–H and O–H groups in total. The molecule has 6 atom stereocenters. The standard InChI is InChI=1S/C54H104N6O7/c1-31(2)25-37(55)49(13,14)43(61)56-38(26-32(3)4)50(15,16)44(62)57-39(27-33(5)6)51(17,18)45(63)58-40(28-34(7)8)52(19,20)46(64)59-41(29-35(9)10)53(21,22)47(65)60-42(30-36(11)12)54(23,24)48(66)67/h31-42H,25-30,55H2,1-24H3,(H,56,61)(H,57,62)(H,58,63)(H,59,64)(H,60,65)(H,66,67)/t37-,38-,39-,40-,41-,42-/m0/s1. The molecule has 0 heterocycles. The highest BCUT2D eigenvalue weighted by molar-refractivity contribution is 5.90. The van der Waals surface area contributed by atoms with Crippen LogP contribution in [0.1, 0.15) is 205 Å². The molecular formula is C54H104N6O7. The normalized spacial score (nSPS) is 16.2. The molecule has 0 rings (SSSR count). The highest BCUT2D eigenvalue weighted by atomic mass is 16.4. The van der Waals surface area contributed by atoms with E-state index >= 15 is 0 Å². The van der Waals surface area contributed by atoms with Crippen LogP contribution in [-0.2, 0) is 28.8 Å². The van der Waals surface area contributed by atoms with E-state index in [2.05, 4.69) is 54.3 Å². The molecule has 0 aromatic rings. The van der Waals surface area contributed by atoms with E-state index < -0.39 is 68.7 Å². The molecule has 0 aliphatic carbocycles. The van der Waals surface area contributed by atoms with Crippen molar-refractivity contribution < 1.29 is 33.9 Å². The van der Waals surface area contributed by atoms with Crippen LogP contribution in [0.4, 0.5) is 0 Å². The highest BCUT2D eigenvalue weighted by Crippen LogP contribution is 2.36. The molecule has 0 unspecified atom stereocenters. The van der Waals surface area contributed by atoms with Gasteiger partial charge in [-0.25, -0.2) is 0 Å². The van der Waals surface area contributed by atoms with Crippen molar-refractivity contribution in [1.82, 2.24) is 26.6 Å². The van der Waals surface area contributed by atoms with Crippen LogP contribution in [0.2, 0.25) is 0 Å². The van der Waals surface area contributed by atoms with Crippen molar-refractivity contribution >= 4 is 35.5 Å². The number of hydrogen-bond donors (Lipinski definition) is 7. The van der Waals surface area contributed by atoms with Gasteiger partial charge < -0.3 is 37.4 Å². The molecule has 67 heavy (non-hydrogen) atoms. The molecule has 0 radical (unpaired) electrons. The second kappa shape index (κ2) is 25.1. The molecule has 0 fully saturated rings. The van der Waals surface area contributed by atoms with Gasteiger partial charge in [-0.3, -0.25) is 28.8 Å². The van der Waals surface area contributed by atoms with Crippen molar-refractivity contribution in [2.45, 2.75) is 241 Å². The van der Waals surface area contributed by atoms with Gasteiger partial charge in [0.2, 0.25) is 29.5 Å². The Morgan fingerprint density at radius 1 is 0.328 bits per heavy atom. The molecular weight excluding hydrogens is 845 g/mol. The topological polar surface area (TPSA) is 209 Å². The van der Waals surface area contributed by atoms with E-state index in [0.717, 1.165) is 0 Å². The first-order chi connectivity index (χ1) is 30.0. The Labute approximate surface area is 409 Å². The zero-order valence-electron chi connectivity index (χ0n) is 47.1. The summed E-state index contributed by atoms with van der Waals surface area (Å²) in [5, 5.41) is 26.2. The van der Waals surface area contributed by atoms with Crippen molar-refractivity contribution in [3.8, 4) is 0 Å². The summed E-state index contributed by atoms with van der Waals surface area (Å²) >= 11 is 0. The Morgan fingerprint density at radius 2 is 0.493 bits per heavy atom. The minimum Gasteiger partial charge on any atom is -0.481 e. The smallest absolute Gasteiger partial charge is 0.311 e. The van der Waals surface area contributed by atoms with Crippen molar-refractivity contribution in [2.75, 3.05) is 0 Å².